The van der Waals surface area contributed by atoms with Gasteiger partial charge in [-0.3, -0.25) is 10.6 Å². The number of carbonyl (C=O) groups excluding carboxylic acids is 2. The molecule has 2 amide bonds. The van der Waals surface area contributed by atoms with Crippen molar-refractivity contribution >= 4 is 23.8 Å². The molecule has 7 heteroatoms. The first-order valence-corrected chi connectivity index (χ1v) is 7.99. The number of benzene rings is 1. The first-order chi connectivity index (χ1) is 11.3. The van der Waals surface area contributed by atoms with Gasteiger partial charge in [-0.15, -0.1) is 0 Å². The van der Waals surface area contributed by atoms with E-state index in [1.54, 1.807) is 53.7 Å². The summed E-state index contributed by atoms with van der Waals surface area (Å²) in [6, 6.07) is 7.28. The van der Waals surface area contributed by atoms with Crippen LogP contribution in [0.5, 0.6) is 0 Å². The molecule has 0 radical (unpaired) electrons. The Labute approximate surface area is 148 Å². The van der Waals surface area contributed by atoms with Crippen LogP contribution in [0.25, 0.3) is 0 Å². The highest BCUT2D eigenvalue weighted by molar-refractivity contribution is 6.02. The van der Waals surface area contributed by atoms with E-state index in [0.717, 1.165) is 5.56 Å². The summed E-state index contributed by atoms with van der Waals surface area (Å²) in [5, 5.41) is 4.86. The van der Waals surface area contributed by atoms with Crippen LogP contribution >= 0.6 is 0 Å². The number of nitrogens with one attached hydrogen (secondary N) is 2. The molecule has 1 rings (SSSR count). The molecule has 0 aliphatic rings. The van der Waals surface area contributed by atoms with E-state index in [4.69, 9.17) is 9.47 Å². The third-order valence-electron chi connectivity index (χ3n) is 2.51. The molecule has 0 fully saturated rings. The molecule has 0 saturated carbocycles. The van der Waals surface area contributed by atoms with E-state index >= 15 is 0 Å². The molecule has 0 atom stereocenters. The minimum Gasteiger partial charge on any atom is -0.444 e. The SMILES string of the molecule is Cc1ccc(N=C(NC(=O)OC(C)(C)C)NC(=O)OC(C)(C)C)cc1. The Morgan fingerprint density at radius 2 is 1.24 bits per heavy atom. The van der Waals surface area contributed by atoms with E-state index in [9.17, 15) is 9.59 Å². The number of aliphatic imine (C=N–C) groups is 1. The first-order valence-electron chi connectivity index (χ1n) is 7.99. The summed E-state index contributed by atoms with van der Waals surface area (Å²) in [7, 11) is 0. The maximum absolute atomic E-state index is 12.0. The summed E-state index contributed by atoms with van der Waals surface area (Å²) >= 11 is 0. The summed E-state index contributed by atoms with van der Waals surface area (Å²) < 4.78 is 10.4. The van der Waals surface area contributed by atoms with Crippen molar-refractivity contribution in [1.29, 1.82) is 0 Å². The van der Waals surface area contributed by atoms with Crippen LogP contribution in [0.1, 0.15) is 47.1 Å². The average Bonchev–Trinajstić information content (AvgIpc) is 2.36. The van der Waals surface area contributed by atoms with Gasteiger partial charge < -0.3 is 9.47 Å². The van der Waals surface area contributed by atoms with E-state index in [1.807, 2.05) is 19.1 Å². The monoisotopic (exact) mass is 349 g/mol. The van der Waals surface area contributed by atoms with Crippen LogP contribution in [0.15, 0.2) is 29.3 Å². The van der Waals surface area contributed by atoms with Gasteiger partial charge in [0.25, 0.3) is 0 Å². The zero-order valence-electron chi connectivity index (χ0n) is 15.9. The Morgan fingerprint density at radius 1 is 0.840 bits per heavy atom. The number of rotatable bonds is 1. The fourth-order valence-electron chi connectivity index (χ4n) is 1.64. The van der Waals surface area contributed by atoms with Crippen molar-refractivity contribution in [3.63, 3.8) is 0 Å². The van der Waals surface area contributed by atoms with Crippen molar-refractivity contribution in [1.82, 2.24) is 10.6 Å². The lowest BCUT2D eigenvalue weighted by molar-refractivity contribution is 0.0545. The average molecular weight is 349 g/mol. The van der Waals surface area contributed by atoms with Gasteiger partial charge in [-0.25, -0.2) is 14.6 Å². The van der Waals surface area contributed by atoms with Crippen molar-refractivity contribution < 1.29 is 19.1 Å². The van der Waals surface area contributed by atoms with Gasteiger partial charge in [-0.05, 0) is 60.6 Å². The molecular formula is C18H27N3O4. The molecule has 0 aromatic heterocycles. The van der Waals surface area contributed by atoms with Gasteiger partial charge in [-0.1, -0.05) is 17.7 Å². The predicted octanol–water partition coefficient (Wildman–Crippen LogP) is 4.03. The zero-order chi connectivity index (χ0) is 19.3. The van der Waals surface area contributed by atoms with Crippen LogP contribution in [0.2, 0.25) is 0 Å². The number of amides is 2. The lowest BCUT2D eigenvalue weighted by atomic mass is 10.2. The summed E-state index contributed by atoms with van der Waals surface area (Å²) in [5.74, 6) is -0.0765. The van der Waals surface area contributed by atoms with Gasteiger partial charge >= 0.3 is 12.2 Å². The van der Waals surface area contributed by atoms with Crippen LogP contribution in [0.4, 0.5) is 15.3 Å². The number of aryl methyl sites for hydroxylation is 1. The molecule has 0 bridgehead atoms. The zero-order valence-corrected chi connectivity index (χ0v) is 15.9. The van der Waals surface area contributed by atoms with E-state index in [1.165, 1.54) is 0 Å². The molecule has 0 unspecified atom stereocenters. The molecular weight excluding hydrogens is 322 g/mol. The van der Waals surface area contributed by atoms with Crippen LogP contribution in [-0.2, 0) is 9.47 Å². The Kier molecular flexibility index (Phi) is 6.55. The highest BCUT2D eigenvalue weighted by Gasteiger charge is 2.21. The number of alkyl carbamates (subject to hydrolysis) is 2. The van der Waals surface area contributed by atoms with Crippen molar-refractivity contribution in [2.75, 3.05) is 0 Å². The molecule has 1 aromatic rings. The molecule has 7 nitrogen and oxygen atoms in total. The van der Waals surface area contributed by atoms with Gasteiger partial charge in [0, 0.05) is 0 Å². The number of ether oxygens (including phenoxy) is 2. The Morgan fingerprint density at radius 3 is 1.60 bits per heavy atom. The molecule has 1 aromatic carbocycles. The maximum Gasteiger partial charge on any atom is 0.414 e. The molecule has 138 valence electrons. The highest BCUT2D eigenvalue weighted by atomic mass is 16.6. The second kappa shape index (κ2) is 8.00. The number of guanidine groups is 1. The number of carbonyl (C=O) groups is 2. The van der Waals surface area contributed by atoms with Crippen LogP contribution in [0.3, 0.4) is 0 Å². The minimum atomic E-state index is -0.727. The van der Waals surface area contributed by atoms with Gasteiger partial charge in [-0.2, -0.15) is 0 Å². The number of hydrogen-bond donors (Lipinski definition) is 2. The highest BCUT2D eigenvalue weighted by Crippen LogP contribution is 2.13. The third-order valence-corrected chi connectivity index (χ3v) is 2.51. The largest absolute Gasteiger partial charge is 0.444 e. The van der Waals surface area contributed by atoms with E-state index in [2.05, 4.69) is 15.6 Å². The summed E-state index contributed by atoms with van der Waals surface area (Å²) in [4.78, 5) is 28.2. The molecule has 0 aliphatic carbocycles. The quantitative estimate of drug-likeness (QED) is 0.592. The molecule has 0 aliphatic heterocycles. The van der Waals surface area contributed by atoms with Crippen molar-refractivity contribution in [3.05, 3.63) is 29.8 Å². The molecule has 25 heavy (non-hydrogen) atoms. The lowest BCUT2D eigenvalue weighted by Gasteiger charge is -2.22. The Balaban J connectivity index is 2.95. The fraction of sp³-hybridized carbons (Fsp3) is 0.500. The summed E-state index contributed by atoms with van der Waals surface area (Å²) in [5.41, 5.74) is 0.282. The standard InChI is InChI=1S/C18H27N3O4/c1-12-8-10-13(11-9-12)19-14(20-15(22)24-17(2,3)4)21-16(23)25-18(5,6)7/h8-11H,1-7H3,(H2,19,20,21,22,23). The van der Waals surface area contributed by atoms with Crippen molar-refractivity contribution in [2.24, 2.45) is 4.99 Å². The first kappa shape index (κ1) is 20.5. The van der Waals surface area contributed by atoms with Crippen LogP contribution in [0, 0.1) is 6.92 Å². The fourth-order valence-corrected chi connectivity index (χ4v) is 1.64. The summed E-state index contributed by atoms with van der Waals surface area (Å²) in [6.45, 7) is 12.4. The topological polar surface area (TPSA) is 89.0 Å². The van der Waals surface area contributed by atoms with Crippen molar-refractivity contribution in [2.45, 2.75) is 59.7 Å². The lowest BCUT2D eigenvalue weighted by Crippen LogP contribution is -2.47. The van der Waals surface area contributed by atoms with E-state index in [-0.39, 0.29) is 5.96 Å². The summed E-state index contributed by atoms with van der Waals surface area (Å²) in [6.07, 6.45) is -1.45. The molecule has 0 heterocycles. The van der Waals surface area contributed by atoms with Gasteiger partial charge in [0.1, 0.15) is 11.2 Å². The molecule has 0 spiro atoms. The van der Waals surface area contributed by atoms with Gasteiger partial charge in [0.05, 0.1) is 5.69 Å². The molecule has 2 N–H and O–H groups in total. The second-order valence-corrected chi connectivity index (χ2v) is 7.55. The van der Waals surface area contributed by atoms with Gasteiger partial charge in [0.15, 0.2) is 0 Å². The van der Waals surface area contributed by atoms with E-state index < -0.39 is 23.4 Å². The van der Waals surface area contributed by atoms with Crippen LogP contribution < -0.4 is 10.6 Å². The normalized spacial score (nSPS) is 11.3. The second-order valence-electron chi connectivity index (χ2n) is 7.55. The Hall–Kier alpha value is -2.57. The van der Waals surface area contributed by atoms with Gasteiger partial charge in [0.2, 0.25) is 5.96 Å². The molecule has 0 saturated heterocycles. The predicted molar refractivity (Wildman–Crippen MR) is 97.0 cm³/mol. The van der Waals surface area contributed by atoms with E-state index in [0.29, 0.717) is 5.69 Å². The number of hydrogen-bond acceptors (Lipinski definition) is 5. The third kappa shape index (κ3) is 9.34. The Bertz CT molecular complexity index is 606. The number of nitrogens with zero attached hydrogens (tertiary/aromatic N) is 1. The minimum absolute atomic E-state index is 0.0765. The van der Waals surface area contributed by atoms with Crippen molar-refractivity contribution in [3.8, 4) is 0 Å². The maximum atomic E-state index is 12.0. The van der Waals surface area contributed by atoms with Crippen LogP contribution in [-0.4, -0.2) is 29.3 Å². The smallest absolute Gasteiger partial charge is 0.414 e.